The number of halogens is 1. The number of hydrogen-bond acceptors (Lipinski definition) is 1. The number of aromatic hydroxyl groups is 1. The molecule has 0 saturated heterocycles. The van der Waals surface area contributed by atoms with Crippen molar-refractivity contribution in [2.24, 2.45) is 0 Å². The average molecular weight is 389 g/mol. The van der Waals surface area contributed by atoms with E-state index in [4.69, 9.17) is 0 Å². The largest absolute Gasteiger partial charge is 0.507 e. The maximum atomic E-state index is 14.4. The number of hydrogen-bond donors (Lipinski definition) is 1. The van der Waals surface area contributed by atoms with E-state index >= 15 is 0 Å². The van der Waals surface area contributed by atoms with Gasteiger partial charge in [-0.05, 0) is 36.0 Å². The molecule has 0 aliphatic rings. The Morgan fingerprint density at radius 1 is 1.04 bits per heavy atom. The van der Waals surface area contributed by atoms with Crippen molar-refractivity contribution in [2.45, 2.75) is 77.8 Å². The van der Waals surface area contributed by atoms with Crippen LogP contribution in [0, 0.1) is 12.7 Å². The third-order valence-electron chi connectivity index (χ3n) is 5.33. The Morgan fingerprint density at radius 3 is 2.30 bits per heavy atom. The van der Waals surface area contributed by atoms with Crippen LogP contribution >= 0.6 is 8.58 Å². The molecule has 2 aromatic carbocycles. The van der Waals surface area contributed by atoms with Crippen LogP contribution in [0.15, 0.2) is 36.4 Å². The standard InChI is InChI=1S/C24H34FOP/c1-7-8-11-14-24(6,27-21-13-10-9-12-20(21)25)19-16-18(23(3,4)5)15-17(2)22(19)26/h9-10,12-13,15-16,26-27H,7-8,11,14H2,1-6H3. The van der Waals surface area contributed by atoms with Crippen LogP contribution in [0.5, 0.6) is 5.75 Å². The molecule has 0 heterocycles. The Labute approximate surface area is 166 Å². The molecule has 1 nitrogen and oxygen atoms in total. The lowest BCUT2D eigenvalue weighted by molar-refractivity contribution is 0.444. The molecule has 0 spiro atoms. The Balaban J connectivity index is 2.56. The fourth-order valence-corrected chi connectivity index (χ4v) is 5.09. The Morgan fingerprint density at radius 2 is 1.70 bits per heavy atom. The Kier molecular flexibility index (Phi) is 7.09. The minimum atomic E-state index is -0.284. The molecule has 0 amide bonds. The molecule has 0 aliphatic heterocycles. The second-order valence-corrected chi connectivity index (χ2v) is 10.7. The zero-order chi connectivity index (χ0) is 20.2. The highest BCUT2D eigenvalue weighted by Crippen LogP contribution is 2.50. The highest BCUT2D eigenvalue weighted by molar-refractivity contribution is 7.48. The van der Waals surface area contributed by atoms with Crippen LogP contribution in [0.3, 0.4) is 0 Å². The number of unbranched alkanes of at least 4 members (excludes halogenated alkanes) is 2. The summed E-state index contributed by atoms with van der Waals surface area (Å²) in [6.45, 7) is 12.9. The van der Waals surface area contributed by atoms with Crippen molar-refractivity contribution in [3.05, 3.63) is 58.9 Å². The van der Waals surface area contributed by atoms with Gasteiger partial charge in [0.2, 0.25) is 0 Å². The van der Waals surface area contributed by atoms with Crippen molar-refractivity contribution in [3.63, 3.8) is 0 Å². The van der Waals surface area contributed by atoms with Gasteiger partial charge in [-0.15, -0.1) is 0 Å². The molecule has 3 heteroatoms. The van der Waals surface area contributed by atoms with Gasteiger partial charge in [0.05, 0.1) is 0 Å². The second-order valence-electron chi connectivity index (χ2n) is 8.83. The maximum Gasteiger partial charge on any atom is 0.130 e. The van der Waals surface area contributed by atoms with E-state index in [9.17, 15) is 9.50 Å². The first-order valence-electron chi connectivity index (χ1n) is 9.96. The van der Waals surface area contributed by atoms with Crippen LogP contribution in [-0.4, -0.2) is 5.11 Å². The molecule has 148 valence electrons. The van der Waals surface area contributed by atoms with E-state index in [2.05, 4.69) is 46.8 Å². The molecule has 0 aliphatic carbocycles. The average Bonchev–Trinajstić information content (AvgIpc) is 2.58. The maximum absolute atomic E-state index is 14.4. The van der Waals surface area contributed by atoms with Crippen molar-refractivity contribution >= 4 is 13.9 Å². The first-order valence-corrected chi connectivity index (χ1v) is 11.0. The van der Waals surface area contributed by atoms with Crippen molar-refractivity contribution in [1.29, 1.82) is 0 Å². The lowest BCUT2D eigenvalue weighted by Gasteiger charge is -2.34. The fourth-order valence-electron chi connectivity index (χ4n) is 3.49. The normalized spacial score (nSPS) is 14.6. The summed E-state index contributed by atoms with van der Waals surface area (Å²) in [7, 11) is 0.274. The summed E-state index contributed by atoms with van der Waals surface area (Å²) in [4.78, 5) is 0. The molecule has 2 atom stereocenters. The van der Waals surface area contributed by atoms with Gasteiger partial charge in [0.25, 0.3) is 0 Å². The van der Waals surface area contributed by atoms with E-state index in [0.717, 1.165) is 42.1 Å². The first-order chi connectivity index (χ1) is 12.6. The second kappa shape index (κ2) is 8.74. The van der Waals surface area contributed by atoms with E-state index in [1.807, 2.05) is 19.1 Å². The van der Waals surface area contributed by atoms with Crippen molar-refractivity contribution < 1.29 is 9.50 Å². The summed E-state index contributed by atoms with van der Waals surface area (Å²) in [5, 5.41) is 11.4. The minimum absolute atomic E-state index is 0.00134. The molecule has 2 rings (SSSR count). The quantitative estimate of drug-likeness (QED) is 0.402. The summed E-state index contributed by atoms with van der Waals surface area (Å²) in [6.07, 6.45) is 4.31. The van der Waals surface area contributed by atoms with Crippen LogP contribution in [-0.2, 0) is 10.6 Å². The predicted molar refractivity (Wildman–Crippen MR) is 117 cm³/mol. The van der Waals surface area contributed by atoms with Gasteiger partial charge in [0, 0.05) is 16.0 Å². The SMILES string of the molecule is CCCCCC(C)(Pc1ccccc1F)c1cc(C(C)(C)C)cc(C)c1O. The van der Waals surface area contributed by atoms with Crippen LogP contribution < -0.4 is 5.30 Å². The zero-order valence-electron chi connectivity index (χ0n) is 17.6. The van der Waals surface area contributed by atoms with Crippen LogP contribution in [0.4, 0.5) is 4.39 Å². The third-order valence-corrected chi connectivity index (χ3v) is 7.07. The highest BCUT2D eigenvalue weighted by Gasteiger charge is 2.32. The lowest BCUT2D eigenvalue weighted by Crippen LogP contribution is -2.23. The summed E-state index contributed by atoms with van der Waals surface area (Å²) >= 11 is 0. The van der Waals surface area contributed by atoms with Crippen LogP contribution in [0.1, 0.15) is 77.0 Å². The summed E-state index contributed by atoms with van der Waals surface area (Å²) < 4.78 is 14.4. The van der Waals surface area contributed by atoms with Gasteiger partial charge < -0.3 is 5.11 Å². The number of phenols is 1. The zero-order valence-corrected chi connectivity index (χ0v) is 18.6. The number of benzene rings is 2. The van der Waals surface area contributed by atoms with Gasteiger partial charge in [-0.3, -0.25) is 0 Å². The predicted octanol–water partition coefficient (Wildman–Crippen LogP) is 6.94. The summed E-state index contributed by atoms with van der Waals surface area (Å²) in [6, 6.07) is 11.3. The Hall–Kier alpha value is -1.40. The van der Waals surface area contributed by atoms with E-state index in [1.54, 1.807) is 6.07 Å². The molecule has 0 aromatic heterocycles. The van der Waals surface area contributed by atoms with E-state index < -0.39 is 0 Å². The summed E-state index contributed by atoms with van der Waals surface area (Å²) in [5.41, 5.74) is 3.08. The fraction of sp³-hybridized carbons (Fsp3) is 0.500. The number of phenolic OH excluding ortho intramolecular Hbond substituents is 1. The van der Waals surface area contributed by atoms with Gasteiger partial charge >= 0.3 is 0 Å². The van der Waals surface area contributed by atoms with Crippen molar-refractivity contribution in [3.8, 4) is 5.75 Å². The minimum Gasteiger partial charge on any atom is -0.507 e. The van der Waals surface area contributed by atoms with E-state index in [1.165, 1.54) is 11.6 Å². The van der Waals surface area contributed by atoms with Crippen molar-refractivity contribution in [2.75, 3.05) is 0 Å². The molecule has 0 radical (unpaired) electrons. The molecular weight excluding hydrogens is 354 g/mol. The number of aryl methyl sites for hydroxylation is 1. The van der Waals surface area contributed by atoms with Crippen molar-refractivity contribution in [1.82, 2.24) is 0 Å². The van der Waals surface area contributed by atoms with E-state index in [-0.39, 0.29) is 25.0 Å². The topological polar surface area (TPSA) is 20.2 Å². The van der Waals surface area contributed by atoms with Crippen LogP contribution in [0.25, 0.3) is 0 Å². The molecule has 27 heavy (non-hydrogen) atoms. The van der Waals surface area contributed by atoms with Crippen LogP contribution in [0.2, 0.25) is 0 Å². The van der Waals surface area contributed by atoms with E-state index in [0.29, 0.717) is 5.75 Å². The molecule has 2 aromatic rings. The molecular formula is C24H34FOP. The first kappa shape index (κ1) is 21.9. The Bertz CT molecular complexity index is 778. The monoisotopic (exact) mass is 388 g/mol. The molecule has 0 fully saturated rings. The molecule has 0 bridgehead atoms. The van der Waals surface area contributed by atoms with Gasteiger partial charge in [0.15, 0.2) is 0 Å². The summed E-state index contributed by atoms with van der Waals surface area (Å²) in [5.74, 6) is 0.214. The van der Waals surface area contributed by atoms with Gasteiger partial charge in [-0.25, -0.2) is 4.39 Å². The molecule has 1 N–H and O–H groups in total. The highest BCUT2D eigenvalue weighted by atomic mass is 31.1. The third kappa shape index (κ3) is 5.32. The lowest BCUT2D eigenvalue weighted by atomic mass is 9.82. The number of rotatable bonds is 7. The van der Waals surface area contributed by atoms with Gasteiger partial charge in [0.1, 0.15) is 11.6 Å². The molecule has 0 saturated carbocycles. The molecule has 2 unspecified atom stereocenters. The van der Waals surface area contributed by atoms with Gasteiger partial charge in [-0.2, -0.15) is 0 Å². The van der Waals surface area contributed by atoms with Gasteiger partial charge in [-0.1, -0.05) is 92.8 Å². The smallest absolute Gasteiger partial charge is 0.130 e.